The molecule has 8 nitrogen and oxygen atoms in total. The fraction of sp³-hybridized carbons (Fsp3) is 0.391. The van der Waals surface area contributed by atoms with Gasteiger partial charge in [0.05, 0.1) is 19.1 Å². The summed E-state index contributed by atoms with van der Waals surface area (Å²) in [5, 5.41) is 2.72. The Kier molecular flexibility index (Phi) is 9.36. The van der Waals surface area contributed by atoms with E-state index in [9.17, 15) is 26.8 Å². The first-order chi connectivity index (χ1) is 16.0. The third kappa shape index (κ3) is 7.14. The third-order valence-corrected chi connectivity index (χ3v) is 6.24. The minimum absolute atomic E-state index is 0.0128. The van der Waals surface area contributed by atoms with E-state index < -0.39 is 46.1 Å². The molecular formula is C23H29F2N3O5S. The number of carbonyl (C=O) groups excluding carboxylic acids is 2. The summed E-state index contributed by atoms with van der Waals surface area (Å²) in [5.41, 5.74) is 0.477. The second-order valence-electron chi connectivity index (χ2n) is 7.70. The number of anilines is 1. The largest absolute Gasteiger partial charge is 0.497 e. The molecule has 1 atom stereocenters. The Hall–Kier alpha value is -3.21. The summed E-state index contributed by atoms with van der Waals surface area (Å²) in [6.07, 6.45) is 1.55. The molecule has 1 N–H and O–H groups in total. The van der Waals surface area contributed by atoms with E-state index in [2.05, 4.69) is 5.32 Å². The maximum atomic E-state index is 13.8. The lowest BCUT2D eigenvalue weighted by Gasteiger charge is -2.31. The van der Waals surface area contributed by atoms with Crippen LogP contribution in [0.15, 0.2) is 42.5 Å². The SMILES string of the molecule is CCCNC(=O)[C@H](C)N(Cc1ccc(OC)cc1)C(=O)CN(c1ccc(F)c(F)c1)S(C)(=O)=O. The molecule has 186 valence electrons. The van der Waals surface area contributed by atoms with Gasteiger partial charge in [-0.1, -0.05) is 19.1 Å². The molecule has 0 aliphatic heterocycles. The Balaban J connectivity index is 2.38. The number of nitrogens with one attached hydrogen (secondary N) is 1. The Morgan fingerprint density at radius 2 is 1.74 bits per heavy atom. The van der Waals surface area contributed by atoms with Gasteiger partial charge in [0.15, 0.2) is 11.6 Å². The van der Waals surface area contributed by atoms with Crippen LogP contribution >= 0.6 is 0 Å². The molecule has 0 radical (unpaired) electrons. The van der Waals surface area contributed by atoms with Gasteiger partial charge in [-0.3, -0.25) is 13.9 Å². The van der Waals surface area contributed by atoms with Crippen molar-refractivity contribution in [3.63, 3.8) is 0 Å². The van der Waals surface area contributed by atoms with E-state index in [0.717, 1.165) is 18.4 Å². The number of carbonyl (C=O) groups is 2. The van der Waals surface area contributed by atoms with Crippen molar-refractivity contribution in [3.05, 3.63) is 59.7 Å². The fourth-order valence-electron chi connectivity index (χ4n) is 3.16. The van der Waals surface area contributed by atoms with E-state index in [-0.39, 0.29) is 12.2 Å². The molecular weight excluding hydrogens is 468 g/mol. The molecule has 0 aromatic heterocycles. The first kappa shape index (κ1) is 27.0. The van der Waals surface area contributed by atoms with E-state index in [0.29, 0.717) is 34.7 Å². The lowest BCUT2D eigenvalue weighted by Crippen LogP contribution is -2.51. The van der Waals surface area contributed by atoms with E-state index in [1.54, 1.807) is 24.3 Å². The first-order valence-electron chi connectivity index (χ1n) is 10.6. The summed E-state index contributed by atoms with van der Waals surface area (Å²) in [6, 6.07) is 8.47. The quantitative estimate of drug-likeness (QED) is 0.515. The summed E-state index contributed by atoms with van der Waals surface area (Å²) in [6.45, 7) is 3.15. The van der Waals surface area contributed by atoms with Crippen molar-refractivity contribution in [3.8, 4) is 5.75 Å². The number of hydrogen-bond donors (Lipinski definition) is 1. The van der Waals surface area contributed by atoms with Crippen molar-refractivity contribution >= 4 is 27.5 Å². The van der Waals surface area contributed by atoms with Gasteiger partial charge in [0.1, 0.15) is 18.3 Å². The summed E-state index contributed by atoms with van der Waals surface area (Å²) in [5.74, 6) is -2.88. The van der Waals surface area contributed by atoms with Crippen LogP contribution in [-0.4, -0.2) is 57.6 Å². The molecule has 0 fully saturated rings. The van der Waals surface area contributed by atoms with Crippen LogP contribution in [0.4, 0.5) is 14.5 Å². The minimum Gasteiger partial charge on any atom is -0.497 e. The van der Waals surface area contributed by atoms with Gasteiger partial charge in [-0.15, -0.1) is 0 Å². The number of benzene rings is 2. The van der Waals surface area contributed by atoms with Crippen LogP contribution < -0.4 is 14.4 Å². The summed E-state index contributed by atoms with van der Waals surface area (Å²) in [7, 11) is -2.52. The Morgan fingerprint density at radius 3 is 2.26 bits per heavy atom. The van der Waals surface area contributed by atoms with Gasteiger partial charge < -0.3 is 15.0 Å². The van der Waals surface area contributed by atoms with E-state index in [1.807, 2.05) is 6.92 Å². The topological polar surface area (TPSA) is 96.0 Å². The van der Waals surface area contributed by atoms with E-state index >= 15 is 0 Å². The summed E-state index contributed by atoms with van der Waals surface area (Å²) in [4.78, 5) is 27.2. The molecule has 0 aliphatic rings. The molecule has 0 spiro atoms. The molecule has 0 saturated heterocycles. The average molecular weight is 498 g/mol. The van der Waals surface area contributed by atoms with Gasteiger partial charge in [-0.25, -0.2) is 17.2 Å². The van der Waals surface area contributed by atoms with Crippen molar-refractivity contribution < 1.29 is 31.5 Å². The highest BCUT2D eigenvalue weighted by molar-refractivity contribution is 7.92. The maximum absolute atomic E-state index is 13.8. The van der Waals surface area contributed by atoms with Crippen molar-refractivity contribution in [2.75, 3.05) is 30.8 Å². The predicted octanol–water partition coefficient (Wildman–Crippen LogP) is 2.68. The van der Waals surface area contributed by atoms with Crippen molar-refractivity contribution in [2.45, 2.75) is 32.9 Å². The molecule has 2 amide bonds. The first-order valence-corrected chi connectivity index (χ1v) is 12.5. The second kappa shape index (κ2) is 11.8. The zero-order valence-corrected chi connectivity index (χ0v) is 20.4. The molecule has 2 aromatic carbocycles. The zero-order valence-electron chi connectivity index (χ0n) is 19.5. The molecule has 0 heterocycles. The van der Waals surface area contributed by atoms with Gasteiger partial charge in [-0.05, 0) is 43.2 Å². The molecule has 0 bridgehead atoms. The predicted molar refractivity (Wildman–Crippen MR) is 125 cm³/mol. The van der Waals surface area contributed by atoms with Crippen LogP contribution in [0.1, 0.15) is 25.8 Å². The zero-order chi connectivity index (χ0) is 25.5. The Labute approximate surface area is 198 Å². The molecule has 0 aliphatic carbocycles. The number of ether oxygens (including phenoxy) is 1. The van der Waals surface area contributed by atoms with E-state index in [4.69, 9.17) is 4.74 Å². The van der Waals surface area contributed by atoms with Crippen LogP contribution in [0.5, 0.6) is 5.75 Å². The summed E-state index contributed by atoms with van der Waals surface area (Å²) < 4.78 is 57.8. The van der Waals surface area contributed by atoms with Gasteiger partial charge in [0.25, 0.3) is 0 Å². The van der Waals surface area contributed by atoms with Crippen LogP contribution in [-0.2, 0) is 26.2 Å². The molecule has 2 rings (SSSR count). The highest BCUT2D eigenvalue weighted by Gasteiger charge is 2.30. The standard InChI is InChI=1S/C23H29F2N3O5S/c1-5-12-26-23(30)16(2)27(14-17-6-9-19(33-3)10-7-17)22(29)15-28(34(4,31)32)18-8-11-20(24)21(25)13-18/h6-11,13,16H,5,12,14-15H2,1-4H3,(H,26,30)/t16-/m0/s1. The smallest absolute Gasteiger partial charge is 0.244 e. The molecule has 0 saturated carbocycles. The van der Waals surface area contributed by atoms with Gasteiger partial charge in [-0.2, -0.15) is 0 Å². The number of amides is 2. The molecule has 0 unspecified atom stereocenters. The maximum Gasteiger partial charge on any atom is 0.244 e. The number of methoxy groups -OCH3 is 1. The van der Waals surface area contributed by atoms with Crippen LogP contribution in [0.3, 0.4) is 0 Å². The number of hydrogen-bond acceptors (Lipinski definition) is 5. The van der Waals surface area contributed by atoms with Crippen molar-refractivity contribution in [2.24, 2.45) is 0 Å². The minimum atomic E-state index is -4.04. The van der Waals surface area contributed by atoms with Crippen LogP contribution in [0.2, 0.25) is 0 Å². The van der Waals surface area contributed by atoms with Gasteiger partial charge in [0.2, 0.25) is 21.8 Å². The third-order valence-electron chi connectivity index (χ3n) is 5.10. The molecule has 34 heavy (non-hydrogen) atoms. The average Bonchev–Trinajstić information content (AvgIpc) is 2.80. The van der Waals surface area contributed by atoms with Gasteiger partial charge >= 0.3 is 0 Å². The van der Waals surface area contributed by atoms with Gasteiger partial charge in [0, 0.05) is 19.2 Å². The molecule has 11 heteroatoms. The van der Waals surface area contributed by atoms with Crippen LogP contribution in [0, 0.1) is 11.6 Å². The number of nitrogens with zero attached hydrogens (tertiary/aromatic N) is 2. The Morgan fingerprint density at radius 1 is 1.09 bits per heavy atom. The van der Waals surface area contributed by atoms with Crippen LogP contribution in [0.25, 0.3) is 0 Å². The highest BCUT2D eigenvalue weighted by atomic mass is 32.2. The molecule has 2 aromatic rings. The lowest BCUT2D eigenvalue weighted by atomic mass is 10.1. The Bertz CT molecular complexity index is 1110. The fourth-order valence-corrected chi connectivity index (χ4v) is 4.00. The lowest BCUT2D eigenvalue weighted by molar-refractivity contribution is -0.139. The second-order valence-corrected chi connectivity index (χ2v) is 9.61. The normalized spacial score (nSPS) is 12.1. The highest BCUT2D eigenvalue weighted by Crippen LogP contribution is 2.22. The van der Waals surface area contributed by atoms with E-state index in [1.165, 1.54) is 18.9 Å². The number of rotatable bonds is 11. The number of sulfonamides is 1. The number of halogens is 2. The van der Waals surface area contributed by atoms with Crippen molar-refractivity contribution in [1.29, 1.82) is 0 Å². The van der Waals surface area contributed by atoms with Crippen molar-refractivity contribution in [1.82, 2.24) is 10.2 Å². The monoisotopic (exact) mass is 497 g/mol. The summed E-state index contributed by atoms with van der Waals surface area (Å²) >= 11 is 0.